The molecule has 0 saturated carbocycles. The summed E-state index contributed by atoms with van der Waals surface area (Å²) >= 11 is 0. The van der Waals surface area contributed by atoms with Gasteiger partial charge in [-0.1, -0.05) is 30.3 Å². The zero-order valence-corrected chi connectivity index (χ0v) is 15.7. The second-order valence-corrected chi connectivity index (χ2v) is 7.23. The standard InChI is InChI=1S/C21H31N5/c1-16-11-19(26-21(22)12-16)13-18-14-24-15-20(18)25-10-9-23-8-7-17-5-3-2-4-6-17/h2-6,11-12,18,20,23-25H,7-10,13-15H2,1H3,(H2,22,26)/t18-,20+/m1/s1. The maximum Gasteiger partial charge on any atom is 0.123 e. The number of aromatic nitrogens is 1. The summed E-state index contributed by atoms with van der Waals surface area (Å²) in [4.78, 5) is 4.49. The normalized spacial score (nSPS) is 19.7. The number of hydrogen-bond donors (Lipinski definition) is 4. The quantitative estimate of drug-likeness (QED) is 0.515. The Morgan fingerprint density at radius 3 is 2.77 bits per heavy atom. The van der Waals surface area contributed by atoms with E-state index in [1.54, 1.807) is 0 Å². The molecule has 5 N–H and O–H groups in total. The summed E-state index contributed by atoms with van der Waals surface area (Å²) in [5.74, 6) is 1.19. The van der Waals surface area contributed by atoms with Crippen LogP contribution < -0.4 is 21.7 Å². The Bertz CT molecular complexity index is 653. The highest BCUT2D eigenvalue weighted by atomic mass is 15.1. The highest BCUT2D eigenvalue weighted by molar-refractivity contribution is 5.34. The van der Waals surface area contributed by atoms with Crippen molar-refractivity contribution in [1.29, 1.82) is 0 Å². The van der Waals surface area contributed by atoms with E-state index in [4.69, 9.17) is 5.73 Å². The summed E-state index contributed by atoms with van der Waals surface area (Å²) in [6.45, 7) is 7.13. The molecule has 0 bridgehead atoms. The van der Waals surface area contributed by atoms with Crippen molar-refractivity contribution in [1.82, 2.24) is 20.9 Å². The molecule has 26 heavy (non-hydrogen) atoms. The molecule has 0 spiro atoms. The predicted octanol–water partition coefficient (Wildman–Crippen LogP) is 1.52. The summed E-state index contributed by atoms with van der Waals surface area (Å²) in [6.07, 6.45) is 2.05. The largest absolute Gasteiger partial charge is 0.384 e. The maximum absolute atomic E-state index is 5.89. The average molecular weight is 354 g/mol. The zero-order chi connectivity index (χ0) is 18.2. The van der Waals surface area contributed by atoms with E-state index in [0.29, 0.717) is 17.8 Å². The molecule has 1 fully saturated rings. The molecular formula is C21H31N5. The fourth-order valence-corrected chi connectivity index (χ4v) is 3.68. The van der Waals surface area contributed by atoms with Crippen LogP contribution in [0.25, 0.3) is 0 Å². The average Bonchev–Trinajstić information content (AvgIpc) is 3.05. The summed E-state index contributed by atoms with van der Waals surface area (Å²) in [5.41, 5.74) is 9.56. The molecule has 5 heteroatoms. The van der Waals surface area contributed by atoms with Gasteiger partial charge in [0, 0.05) is 31.4 Å². The number of rotatable bonds is 9. The van der Waals surface area contributed by atoms with Crippen molar-refractivity contribution in [3.05, 3.63) is 59.3 Å². The van der Waals surface area contributed by atoms with Gasteiger partial charge in [0.05, 0.1) is 0 Å². The van der Waals surface area contributed by atoms with Gasteiger partial charge in [-0.2, -0.15) is 0 Å². The van der Waals surface area contributed by atoms with Crippen LogP contribution in [-0.2, 0) is 12.8 Å². The van der Waals surface area contributed by atoms with Gasteiger partial charge < -0.3 is 21.7 Å². The van der Waals surface area contributed by atoms with E-state index in [-0.39, 0.29) is 0 Å². The molecule has 140 valence electrons. The first-order valence-corrected chi connectivity index (χ1v) is 9.62. The third-order valence-corrected chi connectivity index (χ3v) is 5.00. The lowest BCUT2D eigenvalue weighted by Crippen LogP contribution is -2.40. The van der Waals surface area contributed by atoms with Crippen molar-refractivity contribution in [3.63, 3.8) is 0 Å². The van der Waals surface area contributed by atoms with Crippen LogP contribution in [0.4, 0.5) is 5.82 Å². The van der Waals surface area contributed by atoms with Crippen LogP contribution in [0.3, 0.4) is 0 Å². The van der Waals surface area contributed by atoms with Crippen molar-refractivity contribution in [2.24, 2.45) is 5.92 Å². The molecule has 1 aromatic heterocycles. The minimum atomic E-state index is 0.495. The van der Waals surface area contributed by atoms with Crippen LogP contribution in [0.15, 0.2) is 42.5 Å². The Balaban J connectivity index is 1.36. The third kappa shape index (κ3) is 5.80. The van der Waals surface area contributed by atoms with E-state index >= 15 is 0 Å². The highest BCUT2D eigenvalue weighted by Gasteiger charge is 2.26. The van der Waals surface area contributed by atoms with Gasteiger partial charge in [-0.25, -0.2) is 4.98 Å². The Hall–Kier alpha value is -1.95. The number of pyridine rings is 1. The van der Waals surface area contributed by atoms with Gasteiger partial charge in [0.2, 0.25) is 0 Å². The summed E-state index contributed by atoms with van der Waals surface area (Å²) in [5, 5.41) is 10.7. The lowest BCUT2D eigenvalue weighted by molar-refractivity contribution is 0.419. The zero-order valence-electron chi connectivity index (χ0n) is 15.7. The van der Waals surface area contributed by atoms with Crippen LogP contribution >= 0.6 is 0 Å². The van der Waals surface area contributed by atoms with E-state index in [9.17, 15) is 0 Å². The van der Waals surface area contributed by atoms with E-state index in [2.05, 4.69) is 64.3 Å². The fourth-order valence-electron chi connectivity index (χ4n) is 3.68. The van der Waals surface area contributed by atoms with Gasteiger partial charge in [0.15, 0.2) is 0 Å². The van der Waals surface area contributed by atoms with E-state index in [0.717, 1.165) is 51.3 Å². The molecule has 0 aliphatic carbocycles. The number of hydrogen-bond acceptors (Lipinski definition) is 5. The summed E-state index contributed by atoms with van der Waals surface area (Å²) in [7, 11) is 0. The molecular weight excluding hydrogens is 322 g/mol. The third-order valence-electron chi connectivity index (χ3n) is 5.00. The van der Waals surface area contributed by atoms with Crippen molar-refractivity contribution in [2.75, 3.05) is 38.5 Å². The first kappa shape index (κ1) is 18.8. The van der Waals surface area contributed by atoms with Crippen LogP contribution in [-0.4, -0.2) is 43.7 Å². The van der Waals surface area contributed by atoms with Gasteiger partial charge in [-0.15, -0.1) is 0 Å². The molecule has 1 aromatic carbocycles. The lowest BCUT2D eigenvalue weighted by Gasteiger charge is -2.20. The van der Waals surface area contributed by atoms with Gasteiger partial charge >= 0.3 is 0 Å². The van der Waals surface area contributed by atoms with Crippen molar-refractivity contribution >= 4 is 5.82 Å². The monoisotopic (exact) mass is 353 g/mol. The van der Waals surface area contributed by atoms with Gasteiger partial charge in [0.1, 0.15) is 5.82 Å². The second kappa shape index (κ2) is 9.67. The highest BCUT2D eigenvalue weighted by Crippen LogP contribution is 2.17. The van der Waals surface area contributed by atoms with Crippen molar-refractivity contribution < 1.29 is 0 Å². The first-order chi connectivity index (χ1) is 12.7. The van der Waals surface area contributed by atoms with Crippen LogP contribution in [0.2, 0.25) is 0 Å². The number of nitrogens with zero attached hydrogens (tertiary/aromatic N) is 1. The van der Waals surface area contributed by atoms with E-state index in [1.165, 1.54) is 11.1 Å². The molecule has 5 nitrogen and oxygen atoms in total. The summed E-state index contributed by atoms with van der Waals surface area (Å²) in [6, 6.07) is 15.2. The predicted molar refractivity (Wildman–Crippen MR) is 108 cm³/mol. The molecule has 2 aromatic rings. The molecule has 3 rings (SSSR count). The number of benzene rings is 1. The first-order valence-electron chi connectivity index (χ1n) is 9.62. The number of nitrogen functional groups attached to an aromatic ring is 1. The summed E-state index contributed by atoms with van der Waals surface area (Å²) < 4.78 is 0. The topological polar surface area (TPSA) is 75.0 Å². The fraction of sp³-hybridized carbons (Fsp3) is 0.476. The molecule has 1 aliphatic heterocycles. The van der Waals surface area contributed by atoms with E-state index in [1.807, 2.05) is 6.07 Å². The van der Waals surface area contributed by atoms with Crippen molar-refractivity contribution in [2.45, 2.75) is 25.8 Å². The SMILES string of the molecule is Cc1cc(N)nc(C[C@@H]2CNC[C@@H]2NCCNCCc2ccccc2)c1. The number of nitrogens with two attached hydrogens (primary N) is 1. The second-order valence-electron chi connectivity index (χ2n) is 7.23. The van der Waals surface area contributed by atoms with Crippen LogP contribution in [0.5, 0.6) is 0 Å². The van der Waals surface area contributed by atoms with Crippen LogP contribution in [0.1, 0.15) is 16.8 Å². The molecule has 2 heterocycles. The Labute approximate surface area is 156 Å². The van der Waals surface area contributed by atoms with Gasteiger partial charge in [-0.05, 0) is 62.0 Å². The number of aryl methyl sites for hydroxylation is 1. The molecule has 2 atom stereocenters. The van der Waals surface area contributed by atoms with Crippen LogP contribution in [0, 0.1) is 12.8 Å². The van der Waals surface area contributed by atoms with Crippen molar-refractivity contribution in [3.8, 4) is 0 Å². The molecule has 0 unspecified atom stereocenters. The minimum absolute atomic E-state index is 0.495. The molecule has 0 amide bonds. The lowest BCUT2D eigenvalue weighted by atomic mass is 9.97. The smallest absolute Gasteiger partial charge is 0.123 e. The Morgan fingerprint density at radius 1 is 1.12 bits per heavy atom. The number of anilines is 1. The molecule has 1 saturated heterocycles. The van der Waals surface area contributed by atoms with Gasteiger partial charge in [0.25, 0.3) is 0 Å². The maximum atomic E-state index is 5.89. The number of nitrogens with one attached hydrogen (secondary N) is 3. The van der Waals surface area contributed by atoms with Gasteiger partial charge in [-0.3, -0.25) is 0 Å². The molecule has 0 radical (unpaired) electrons. The van der Waals surface area contributed by atoms with E-state index < -0.39 is 0 Å². The minimum Gasteiger partial charge on any atom is -0.384 e. The molecule has 1 aliphatic rings. The Morgan fingerprint density at radius 2 is 1.96 bits per heavy atom. The Kier molecular flexibility index (Phi) is 7.00.